The quantitative estimate of drug-likeness (QED) is 0.885. The molecule has 1 heterocycles. The lowest BCUT2D eigenvalue weighted by molar-refractivity contribution is -0.119. The Morgan fingerprint density at radius 1 is 1.39 bits per heavy atom. The molecular formula is C15H22N2O. The SMILES string of the molecule is CCN(C(=O)CC1CCCN1)c1ccc(C)cc1. The van der Waals surface area contributed by atoms with Gasteiger partial charge in [0.25, 0.3) is 0 Å². The molecule has 0 saturated carbocycles. The van der Waals surface area contributed by atoms with Crippen LogP contribution in [0.2, 0.25) is 0 Å². The summed E-state index contributed by atoms with van der Waals surface area (Å²) in [7, 11) is 0. The number of nitrogens with zero attached hydrogens (tertiary/aromatic N) is 1. The van der Waals surface area contributed by atoms with Crippen molar-refractivity contribution >= 4 is 11.6 Å². The summed E-state index contributed by atoms with van der Waals surface area (Å²) in [5.41, 5.74) is 2.23. The zero-order valence-corrected chi connectivity index (χ0v) is 11.3. The van der Waals surface area contributed by atoms with Crippen molar-refractivity contribution in [1.82, 2.24) is 5.32 Å². The predicted molar refractivity (Wildman–Crippen MR) is 74.8 cm³/mol. The maximum absolute atomic E-state index is 12.3. The summed E-state index contributed by atoms with van der Waals surface area (Å²) in [5, 5.41) is 3.38. The molecule has 0 spiro atoms. The lowest BCUT2D eigenvalue weighted by Gasteiger charge is -2.23. The molecule has 98 valence electrons. The molecule has 1 unspecified atom stereocenters. The van der Waals surface area contributed by atoms with Crippen LogP contribution in [0.15, 0.2) is 24.3 Å². The standard InChI is InChI=1S/C15H22N2O/c1-3-17(14-8-6-12(2)7-9-14)15(18)11-13-5-4-10-16-13/h6-9,13,16H,3-5,10-11H2,1-2H3. The first-order chi connectivity index (χ1) is 8.70. The molecule has 1 aliphatic rings. The summed E-state index contributed by atoms with van der Waals surface area (Å²) in [6, 6.07) is 8.53. The second-order valence-corrected chi connectivity index (χ2v) is 4.97. The van der Waals surface area contributed by atoms with Crippen LogP contribution in [0.25, 0.3) is 0 Å². The fraction of sp³-hybridized carbons (Fsp3) is 0.533. The Bertz CT molecular complexity index is 393. The van der Waals surface area contributed by atoms with Crippen LogP contribution in [0, 0.1) is 6.92 Å². The van der Waals surface area contributed by atoms with Gasteiger partial charge in [-0.15, -0.1) is 0 Å². The van der Waals surface area contributed by atoms with Gasteiger partial charge in [-0.1, -0.05) is 17.7 Å². The lowest BCUT2D eigenvalue weighted by Crippen LogP contribution is -2.35. The Balaban J connectivity index is 2.02. The van der Waals surface area contributed by atoms with Crippen LogP contribution in [0.5, 0.6) is 0 Å². The van der Waals surface area contributed by atoms with E-state index in [4.69, 9.17) is 0 Å². The highest BCUT2D eigenvalue weighted by molar-refractivity contribution is 5.93. The van der Waals surface area contributed by atoms with E-state index in [0.717, 1.165) is 25.2 Å². The highest BCUT2D eigenvalue weighted by Crippen LogP contribution is 2.18. The number of rotatable bonds is 4. The largest absolute Gasteiger partial charge is 0.313 e. The zero-order chi connectivity index (χ0) is 13.0. The van der Waals surface area contributed by atoms with Crippen molar-refractivity contribution in [3.05, 3.63) is 29.8 Å². The van der Waals surface area contributed by atoms with E-state index in [1.54, 1.807) is 0 Å². The molecule has 18 heavy (non-hydrogen) atoms. The number of benzene rings is 1. The Morgan fingerprint density at radius 3 is 2.67 bits per heavy atom. The maximum atomic E-state index is 12.3. The van der Waals surface area contributed by atoms with Crippen molar-refractivity contribution in [2.45, 2.75) is 39.2 Å². The van der Waals surface area contributed by atoms with Gasteiger partial charge < -0.3 is 10.2 Å². The van der Waals surface area contributed by atoms with Gasteiger partial charge in [-0.3, -0.25) is 4.79 Å². The summed E-state index contributed by atoms with van der Waals surface area (Å²) >= 11 is 0. The second kappa shape index (κ2) is 6.01. The molecule has 0 bridgehead atoms. The fourth-order valence-electron chi connectivity index (χ4n) is 2.48. The summed E-state index contributed by atoms with van der Waals surface area (Å²) in [6.07, 6.45) is 2.92. The Labute approximate surface area is 109 Å². The van der Waals surface area contributed by atoms with Crippen LogP contribution >= 0.6 is 0 Å². The van der Waals surface area contributed by atoms with Gasteiger partial charge in [0.15, 0.2) is 0 Å². The number of aryl methyl sites for hydroxylation is 1. The minimum atomic E-state index is 0.223. The molecule has 1 aromatic carbocycles. The van der Waals surface area contributed by atoms with Gasteiger partial charge in [-0.05, 0) is 45.4 Å². The molecule has 2 rings (SSSR count). The van der Waals surface area contributed by atoms with E-state index in [1.807, 2.05) is 24.0 Å². The van der Waals surface area contributed by atoms with Gasteiger partial charge in [0.1, 0.15) is 0 Å². The summed E-state index contributed by atoms with van der Waals surface area (Å²) in [4.78, 5) is 14.2. The van der Waals surface area contributed by atoms with Crippen molar-refractivity contribution in [2.24, 2.45) is 0 Å². The van der Waals surface area contributed by atoms with Gasteiger partial charge in [-0.2, -0.15) is 0 Å². The normalized spacial score (nSPS) is 18.9. The highest BCUT2D eigenvalue weighted by Gasteiger charge is 2.21. The maximum Gasteiger partial charge on any atom is 0.228 e. The number of anilines is 1. The molecule has 0 aliphatic carbocycles. The molecule has 3 nitrogen and oxygen atoms in total. The minimum Gasteiger partial charge on any atom is -0.313 e. The van der Waals surface area contributed by atoms with Crippen LogP contribution < -0.4 is 10.2 Å². The van der Waals surface area contributed by atoms with E-state index >= 15 is 0 Å². The van der Waals surface area contributed by atoms with E-state index in [2.05, 4.69) is 24.4 Å². The van der Waals surface area contributed by atoms with E-state index in [1.165, 1.54) is 12.0 Å². The van der Waals surface area contributed by atoms with Crippen molar-refractivity contribution in [2.75, 3.05) is 18.0 Å². The van der Waals surface area contributed by atoms with Crippen molar-refractivity contribution in [1.29, 1.82) is 0 Å². The van der Waals surface area contributed by atoms with E-state index in [0.29, 0.717) is 12.5 Å². The first kappa shape index (κ1) is 13.1. The molecule has 1 aliphatic heterocycles. The van der Waals surface area contributed by atoms with Crippen LogP contribution in [-0.4, -0.2) is 25.0 Å². The predicted octanol–water partition coefficient (Wildman–Crippen LogP) is 2.49. The van der Waals surface area contributed by atoms with E-state index in [9.17, 15) is 4.79 Å². The van der Waals surface area contributed by atoms with Gasteiger partial charge in [0.2, 0.25) is 5.91 Å². The van der Waals surface area contributed by atoms with E-state index in [-0.39, 0.29) is 5.91 Å². The average molecular weight is 246 g/mol. The van der Waals surface area contributed by atoms with Crippen LogP contribution in [-0.2, 0) is 4.79 Å². The number of nitrogens with one attached hydrogen (secondary N) is 1. The summed E-state index contributed by atoms with van der Waals surface area (Å²) < 4.78 is 0. The monoisotopic (exact) mass is 246 g/mol. The number of hydrogen-bond acceptors (Lipinski definition) is 2. The smallest absolute Gasteiger partial charge is 0.228 e. The topological polar surface area (TPSA) is 32.3 Å². The summed E-state index contributed by atoms with van der Waals surface area (Å²) in [5.74, 6) is 0.223. The zero-order valence-electron chi connectivity index (χ0n) is 11.3. The molecule has 1 N–H and O–H groups in total. The van der Waals surface area contributed by atoms with Gasteiger partial charge in [0, 0.05) is 24.7 Å². The first-order valence-corrected chi connectivity index (χ1v) is 6.81. The molecule has 0 radical (unpaired) electrons. The average Bonchev–Trinajstić information content (AvgIpc) is 2.85. The number of carbonyl (C=O) groups excluding carboxylic acids is 1. The van der Waals surface area contributed by atoms with Crippen LogP contribution in [0.4, 0.5) is 5.69 Å². The third-order valence-corrected chi connectivity index (χ3v) is 3.55. The fourth-order valence-corrected chi connectivity index (χ4v) is 2.48. The van der Waals surface area contributed by atoms with E-state index < -0.39 is 0 Å². The molecule has 1 aromatic rings. The van der Waals surface area contributed by atoms with Crippen molar-refractivity contribution in [3.8, 4) is 0 Å². The van der Waals surface area contributed by atoms with Crippen LogP contribution in [0.3, 0.4) is 0 Å². The summed E-state index contributed by atoms with van der Waals surface area (Å²) in [6.45, 7) is 5.87. The molecule has 3 heteroatoms. The Morgan fingerprint density at radius 2 is 2.11 bits per heavy atom. The lowest BCUT2D eigenvalue weighted by atomic mass is 10.1. The Kier molecular flexibility index (Phi) is 4.37. The molecule has 1 saturated heterocycles. The van der Waals surface area contributed by atoms with Gasteiger partial charge >= 0.3 is 0 Å². The number of hydrogen-bond donors (Lipinski definition) is 1. The third kappa shape index (κ3) is 3.10. The minimum absolute atomic E-state index is 0.223. The number of carbonyl (C=O) groups is 1. The molecule has 0 aromatic heterocycles. The first-order valence-electron chi connectivity index (χ1n) is 6.81. The second-order valence-electron chi connectivity index (χ2n) is 4.97. The molecule has 1 amide bonds. The van der Waals surface area contributed by atoms with Crippen molar-refractivity contribution in [3.63, 3.8) is 0 Å². The van der Waals surface area contributed by atoms with Gasteiger partial charge in [0.05, 0.1) is 0 Å². The van der Waals surface area contributed by atoms with Crippen LogP contribution in [0.1, 0.15) is 31.7 Å². The molecule has 1 atom stereocenters. The highest BCUT2D eigenvalue weighted by atomic mass is 16.2. The Hall–Kier alpha value is -1.35. The molecular weight excluding hydrogens is 224 g/mol. The van der Waals surface area contributed by atoms with Gasteiger partial charge in [-0.25, -0.2) is 0 Å². The number of amides is 1. The van der Waals surface area contributed by atoms with Crippen molar-refractivity contribution < 1.29 is 4.79 Å². The third-order valence-electron chi connectivity index (χ3n) is 3.55. The molecule has 1 fully saturated rings.